The molecule has 1 saturated heterocycles. The molecule has 1 aliphatic rings. The number of likely N-dealkylation sites (tertiary alicyclic amines) is 1. The van der Waals surface area contributed by atoms with E-state index in [-0.39, 0.29) is 12.5 Å². The number of anilines is 1. The van der Waals surface area contributed by atoms with Crippen molar-refractivity contribution in [3.05, 3.63) is 23.4 Å². The highest BCUT2D eigenvalue weighted by Gasteiger charge is 2.32. The molecule has 0 spiro atoms. The number of rotatable bonds is 4. The molecule has 0 radical (unpaired) electrons. The molecule has 2 heterocycles. The van der Waals surface area contributed by atoms with Crippen molar-refractivity contribution in [1.29, 1.82) is 0 Å². The van der Waals surface area contributed by atoms with Crippen LogP contribution in [0.25, 0.3) is 0 Å². The summed E-state index contributed by atoms with van der Waals surface area (Å²) < 4.78 is 0. The van der Waals surface area contributed by atoms with Gasteiger partial charge in [0.05, 0.1) is 11.6 Å². The van der Waals surface area contributed by atoms with Gasteiger partial charge in [0.15, 0.2) is 0 Å². The minimum Gasteiger partial charge on any atom is -0.480 e. The third-order valence-corrected chi connectivity index (χ3v) is 3.81. The highest BCUT2D eigenvalue weighted by atomic mass is 35.5. The molecule has 114 valence electrons. The van der Waals surface area contributed by atoms with E-state index >= 15 is 0 Å². The van der Waals surface area contributed by atoms with Gasteiger partial charge < -0.3 is 14.9 Å². The van der Waals surface area contributed by atoms with Gasteiger partial charge in [-0.1, -0.05) is 11.6 Å². The number of amides is 1. The number of carbonyl (C=O) groups is 2. The number of nitrogens with zero attached hydrogens (tertiary/aromatic N) is 3. The number of aliphatic carboxylic acids is 1. The molecule has 1 aliphatic heterocycles. The highest BCUT2D eigenvalue weighted by Crippen LogP contribution is 2.18. The first-order valence-corrected chi connectivity index (χ1v) is 7.22. The number of piperidine rings is 1. The molecular formula is C14H18ClN3O3. The van der Waals surface area contributed by atoms with Gasteiger partial charge in [0.1, 0.15) is 11.9 Å². The monoisotopic (exact) mass is 311 g/mol. The Labute approximate surface area is 128 Å². The Kier molecular flexibility index (Phi) is 5.01. The number of halogens is 1. The van der Waals surface area contributed by atoms with Crippen LogP contribution in [-0.2, 0) is 9.59 Å². The van der Waals surface area contributed by atoms with Crippen LogP contribution in [-0.4, -0.2) is 53.0 Å². The number of likely N-dealkylation sites (N-methyl/N-ethyl adjacent to an activating group) is 1. The molecule has 0 unspecified atom stereocenters. The fraction of sp³-hybridized carbons (Fsp3) is 0.500. The molecule has 1 amide bonds. The molecule has 0 aliphatic carbocycles. The molecule has 6 nitrogen and oxygen atoms in total. The zero-order valence-electron chi connectivity index (χ0n) is 11.8. The summed E-state index contributed by atoms with van der Waals surface area (Å²) in [6, 6.07) is 2.71. The molecule has 7 heteroatoms. The Hall–Kier alpha value is -1.82. The van der Waals surface area contributed by atoms with Crippen molar-refractivity contribution >= 4 is 29.3 Å². The van der Waals surface area contributed by atoms with E-state index in [9.17, 15) is 14.7 Å². The molecular weight excluding hydrogens is 294 g/mol. The number of carboxylic acids is 1. The fourth-order valence-electron chi connectivity index (χ4n) is 2.46. The molecule has 1 fully saturated rings. The first-order valence-electron chi connectivity index (χ1n) is 6.84. The Morgan fingerprint density at radius 1 is 1.48 bits per heavy atom. The normalized spacial score (nSPS) is 18.4. The van der Waals surface area contributed by atoms with Crippen molar-refractivity contribution in [3.8, 4) is 0 Å². The van der Waals surface area contributed by atoms with E-state index in [2.05, 4.69) is 4.98 Å². The molecule has 1 atom stereocenters. The average Bonchev–Trinajstić information content (AvgIpc) is 2.47. The summed E-state index contributed by atoms with van der Waals surface area (Å²) in [7, 11) is 1.74. The van der Waals surface area contributed by atoms with E-state index in [0.29, 0.717) is 23.8 Å². The molecule has 0 saturated carbocycles. The van der Waals surface area contributed by atoms with E-state index in [4.69, 9.17) is 11.6 Å². The smallest absolute Gasteiger partial charge is 0.326 e. The Balaban J connectivity index is 2.02. The average molecular weight is 312 g/mol. The SMILES string of the molecule is CN(CC(=O)N1CCCC[C@H]1C(=O)O)c1ccc(Cl)cn1. The van der Waals surface area contributed by atoms with Crippen molar-refractivity contribution in [2.75, 3.05) is 25.0 Å². The zero-order valence-corrected chi connectivity index (χ0v) is 12.6. The minimum absolute atomic E-state index is 0.0956. The zero-order chi connectivity index (χ0) is 15.4. The summed E-state index contributed by atoms with van der Waals surface area (Å²) in [6.45, 7) is 0.593. The van der Waals surface area contributed by atoms with Gasteiger partial charge in [-0.3, -0.25) is 4.79 Å². The summed E-state index contributed by atoms with van der Waals surface area (Å²) >= 11 is 5.78. The van der Waals surface area contributed by atoms with E-state index in [1.54, 1.807) is 24.1 Å². The van der Waals surface area contributed by atoms with Gasteiger partial charge in [-0.25, -0.2) is 9.78 Å². The lowest BCUT2D eigenvalue weighted by Gasteiger charge is -2.34. The number of carboxylic acid groups (broad SMARTS) is 1. The van der Waals surface area contributed by atoms with Crippen LogP contribution >= 0.6 is 11.6 Å². The molecule has 0 aromatic carbocycles. The maximum Gasteiger partial charge on any atom is 0.326 e. The van der Waals surface area contributed by atoms with Crippen LogP contribution in [0.15, 0.2) is 18.3 Å². The van der Waals surface area contributed by atoms with Crippen molar-refractivity contribution in [2.45, 2.75) is 25.3 Å². The number of pyridine rings is 1. The summed E-state index contributed by atoms with van der Waals surface area (Å²) in [5.41, 5.74) is 0. The van der Waals surface area contributed by atoms with Crippen LogP contribution in [0.1, 0.15) is 19.3 Å². The molecule has 1 N–H and O–H groups in total. The van der Waals surface area contributed by atoms with E-state index in [1.807, 2.05) is 0 Å². The molecule has 2 rings (SSSR count). The van der Waals surface area contributed by atoms with Gasteiger partial charge in [-0.2, -0.15) is 0 Å². The predicted molar refractivity (Wildman–Crippen MR) is 79.5 cm³/mol. The molecule has 1 aromatic rings. The fourth-order valence-corrected chi connectivity index (χ4v) is 2.57. The van der Waals surface area contributed by atoms with Crippen molar-refractivity contribution < 1.29 is 14.7 Å². The third-order valence-electron chi connectivity index (χ3n) is 3.58. The standard InChI is InChI=1S/C14H18ClN3O3/c1-17(12-6-5-10(15)8-16-12)9-13(19)18-7-3-2-4-11(18)14(20)21/h5-6,8,11H,2-4,7,9H2,1H3,(H,20,21)/t11-/m0/s1. The van der Waals surface area contributed by atoms with Crippen LogP contribution in [0.4, 0.5) is 5.82 Å². The Morgan fingerprint density at radius 2 is 2.24 bits per heavy atom. The van der Waals surface area contributed by atoms with Gasteiger partial charge in [0.25, 0.3) is 0 Å². The summed E-state index contributed by atoms with van der Waals surface area (Å²) in [5.74, 6) is -0.506. The van der Waals surface area contributed by atoms with E-state index in [0.717, 1.165) is 12.8 Å². The second kappa shape index (κ2) is 6.76. The molecule has 0 bridgehead atoms. The summed E-state index contributed by atoms with van der Waals surface area (Å²) in [6.07, 6.45) is 3.72. The molecule has 21 heavy (non-hydrogen) atoms. The van der Waals surface area contributed by atoms with Gasteiger partial charge in [0.2, 0.25) is 5.91 Å². The van der Waals surface area contributed by atoms with Crippen LogP contribution in [0, 0.1) is 0 Å². The summed E-state index contributed by atoms with van der Waals surface area (Å²) in [4.78, 5) is 30.8. The van der Waals surface area contributed by atoms with Gasteiger partial charge >= 0.3 is 5.97 Å². The number of aromatic nitrogens is 1. The lowest BCUT2D eigenvalue weighted by Crippen LogP contribution is -2.50. The first kappa shape index (κ1) is 15.6. The minimum atomic E-state index is -0.935. The van der Waals surface area contributed by atoms with Crippen LogP contribution in [0.5, 0.6) is 0 Å². The van der Waals surface area contributed by atoms with Gasteiger partial charge in [-0.15, -0.1) is 0 Å². The topological polar surface area (TPSA) is 73.7 Å². The van der Waals surface area contributed by atoms with Crippen LogP contribution in [0.2, 0.25) is 5.02 Å². The second-order valence-electron chi connectivity index (χ2n) is 5.13. The summed E-state index contributed by atoms with van der Waals surface area (Å²) in [5, 5.41) is 9.73. The lowest BCUT2D eigenvalue weighted by molar-refractivity contribution is -0.151. The maximum absolute atomic E-state index is 12.3. The third kappa shape index (κ3) is 3.85. The van der Waals surface area contributed by atoms with Gasteiger partial charge in [-0.05, 0) is 31.4 Å². The predicted octanol–water partition coefficient (Wildman–Crippen LogP) is 1.64. The largest absolute Gasteiger partial charge is 0.480 e. The maximum atomic E-state index is 12.3. The highest BCUT2D eigenvalue weighted by molar-refractivity contribution is 6.30. The molecule has 1 aromatic heterocycles. The first-order chi connectivity index (χ1) is 9.99. The van der Waals surface area contributed by atoms with Gasteiger partial charge in [0, 0.05) is 19.8 Å². The Morgan fingerprint density at radius 3 is 2.86 bits per heavy atom. The van der Waals surface area contributed by atoms with Crippen molar-refractivity contribution in [2.24, 2.45) is 0 Å². The van der Waals surface area contributed by atoms with Crippen LogP contribution in [0.3, 0.4) is 0 Å². The number of hydrogen-bond donors (Lipinski definition) is 1. The number of carbonyl (C=O) groups excluding carboxylic acids is 1. The Bertz CT molecular complexity index is 521. The van der Waals surface area contributed by atoms with Crippen molar-refractivity contribution in [3.63, 3.8) is 0 Å². The number of hydrogen-bond acceptors (Lipinski definition) is 4. The van der Waals surface area contributed by atoms with E-state index in [1.165, 1.54) is 11.1 Å². The van der Waals surface area contributed by atoms with E-state index < -0.39 is 12.0 Å². The van der Waals surface area contributed by atoms with Crippen molar-refractivity contribution in [1.82, 2.24) is 9.88 Å². The lowest BCUT2D eigenvalue weighted by atomic mass is 10.0. The van der Waals surface area contributed by atoms with Crippen LogP contribution < -0.4 is 4.90 Å². The second-order valence-corrected chi connectivity index (χ2v) is 5.56. The quantitative estimate of drug-likeness (QED) is 0.915.